The molecule has 1 N–H and O–H groups in total. The quantitative estimate of drug-likeness (QED) is 0.294. The lowest BCUT2D eigenvalue weighted by Gasteiger charge is -2.12. The van der Waals surface area contributed by atoms with E-state index in [-0.39, 0.29) is 24.0 Å². The van der Waals surface area contributed by atoms with Crippen molar-refractivity contribution in [3.63, 3.8) is 0 Å². The zero-order chi connectivity index (χ0) is 25.4. The van der Waals surface area contributed by atoms with Gasteiger partial charge in [0.05, 0.1) is 31.2 Å². The largest absolute Gasteiger partial charge is 0.497 e. The zero-order valence-electron chi connectivity index (χ0n) is 19.0. The van der Waals surface area contributed by atoms with E-state index in [1.165, 1.54) is 26.4 Å². The fourth-order valence-corrected chi connectivity index (χ4v) is 3.74. The van der Waals surface area contributed by atoms with Crippen LogP contribution in [-0.4, -0.2) is 40.6 Å². The van der Waals surface area contributed by atoms with Crippen molar-refractivity contribution in [2.75, 3.05) is 25.3 Å². The lowest BCUT2D eigenvalue weighted by molar-refractivity contribution is -0.137. The first kappa shape index (κ1) is 25.9. The molecule has 0 saturated carbocycles. The van der Waals surface area contributed by atoms with Crippen LogP contribution in [0.15, 0.2) is 60.3 Å². The van der Waals surface area contributed by atoms with Crippen molar-refractivity contribution in [3.05, 3.63) is 66.5 Å². The molecule has 0 fully saturated rings. The van der Waals surface area contributed by atoms with E-state index in [2.05, 4.69) is 22.1 Å². The highest BCUT2D eigenvalue weighted by atomic mass is 32.2. The van der Waals surface area contributed by atoms with Gasteiger partial charge < -0.3 is 19.5 Å². The van der Waals surface area contributed by atoms with E-state index in [0.29, 0.717) is 34.7 Å². The molecule has 0 aliphatic rings. The molecule has 8 nitrogen and oxygen atoms in total. The minimum absolute atomic E-state index is 0.0267. The van der Waals surface area contributed by atoms with Crippen molar-refractivity contribution in [2.24, 2.45) is 0 Å². The average molecular weight is 509 g/mol. The summed E-state index contributed by atoms with van der Waals surface area (Å²) in [6.45, 7) is 3.91. The molecule has 12 heteroatoms. The molecule has 1 aromatic heterocycles. The lowest BCUT2D eigenvalue weighted by atomic mass is 10.2. The summed E-state index contributed by atoms with van der Waals surface area (Å²) in [7, 11) is 3.02. The van der Waals surface area contributed by atoms with Gasteiger partial charge >= 0.3 is 6.18 Å². The molecule has 35 heavy (non-hydrogen) atoms. The number of ether oxygens (including phenoxy) is 3. The number of carbonyl (C=O) groups is 1. The van der Waals surface area contributed by atoms with Crippen LogP contribution in [0.5, 0.6) is 17.2 Å². The Labute approximate surface area is 204 Å². The van der Waals surface area contributed by atoms with E-state index in [1.54, 1.807) is 28.8 Å². The predicted octanol–water partition coefficient (Wildman–Crippen LogP) is 4.81. The van der Waals surface area contributed by atoms with Gasteiger partial charge in [0.2, 0.25) is 5.91 Å². The SMILES string of the molecule is C=CCn1c(COc2cccc(C(F)(F)F)c2)nnc1SCC(=O)Nc1ccc(OC)cc1OC. The summed E-state index contributed by atoms with van der Waals surface area (Å²) in [4.78, 5) is 12.5. The Kier molecular flexibility index (Phi) is 8.63. The molecule has 0 spiro atoms. The van der Waals surface area contributed by atoms with Gasteiger partial charge in [-0.1, -0.05) is 23.9 Å². The van der Waals surface area contributed by atoms with E-state index in [1.807, 2.05) is 0 Å². The average Bonchev–Trinajstić information content (AvgIpc) is 3.23. The van der Waals surface area contributed by atoms with Crippen molar-refractivity contribution in [2.45, 2.75) is 24.5 Å². The van der Waals surface area contributed by atoms with Crippen LogP contribution < -0.4 is 19.5 Å². The first-order chi connectivity index (χ1) is 16.7. The third-order valence-corrected chi connectivity index (χ3v) is 5.62. The zero-order valence-corrected chi connectivity index (χ0v) is 19.8. The van der Waals surface area contributed by atoms with Gasteiger partial charge in [0.1, 0.15) is 23.9 Å². The highest BCUT2D eigenvalue weighted by Gasteiger charge is 2.30. The Balaban J connectivity index is 1.64. The van der Waals surface area contributed by atoms with E-state index in [4.69, 9.17) is 14.2 Å². The first-order valence-corrected chi connectivity index (χ1v) is 11.2. The van der Waals surface area contributed by atoms with Crippen molar-refractivity contribution >= 4 is 23.4 Å². The second-order valence-corrected chi connectivity index (χ2v) is 7.96. The van der Waals surface area contributed by atoms with Crippen molar-refractivity contribution in [3.8, 4) is 17.2 Å². The molecule has 0 unspecified atom stereocenters. The second kappa shape index (κ2) is 11.6. The van der Waals surface area contributed by atoms with Gasteiger partial charge in [0.15, 0.2) is 11.0 Å². The molecule has 2 aromatic carbocycles. The maximum absolute atomic E-state index is 12.9. The Morgan fingerprint density at radius 3 is 2.63 bits per heavy atom. The molecule has 0 aliphatic carbocycles. The standard InChI is InChI=1S/C23H23F3N4O4S/c1-4-10-30-20(13-34-17-7-5-6-15(11-17)23(24,25)26)28-29-22(30)35-14-21(31)27-18-9-8-16(32-2)12-19(18)33-3/h4-9,11-12H,1,10,13-14H2,2-3H3,(H,27,31). The number of carbonyl (C=O) groups excluding carboxylic acids is 1. The number of anilines is 1. The third-order valence-electron chi connectivity index (χ3n) is 4.65. The van der Waals surface area contributed by atoms with E-state index in [9.17, 15) is 18.0 Å². The van der Waals surface area contributed by atoms with Gasteiger partial charge in [-0.05, 0) is 30.3 Å². The number of methoxy groups -OCH3 is 2. The number of nitrogens with one attached hydrogen (secondary N) is 1. The fraction of sp³-hybridized carbons (Fsp3) is 0.261. The van der Waals surface area contributed by atoms with Gasteiger partial charge in [-0.15, -0.1) is 16.8 Å². The Morgan fingerprint density at radius 1 is 1.14 bits per heavy atom. The summed E-state index contributed by atoms with van der Waals surface area (Å²) < 4.78 is 56.4. The van der Waals surface area contributed by atoms with Gasteiger partial charge in [-0.3, -0.25) is 9.36 Å². The number of halogens is 3. The molecular formula is C23H23F3N4O4S. The number of amides is 1. The molecule has 1 heterocycles. The van der Waals surface area contributed by atoms with Crippen LogP contribution >= 0.6 is 11.8 Å². The lowest BCUT2D eigenvalue weighted by Crippen LogP contribution is -2.15. The topological polar surface area (TPSA) is 87.5 Å². The van der Waals surface area contributed by atoms with Gasteiger partial charge in [-0.2, -0.15) is 13.2 Å². The van der Waals surface area contributed by atoms with Crippen LogP contribution in [0.2, 0.25) is 0 Å². The number of benzene rings is 2. The van der Waals surface area contributed by atoms with E-state index in [0.717, 1.165) is 23.9 Å². The number of alkyl halides is 3. The Hall–Kier alpha value is -3.67. The maximum atomic E-state index is 12.9. The number of rotatable bonds is 11. The second-order valence-electron chi connectivity index (χ2n) is 7.02. The maximum Gasteiger partial charge on any atom is 0.416 e. The molecule has 186 valence electrons. The van der Waals surface area contributed by atoms with Crippen molar-refractivity contribution in [1.29, 1.82) is 0 Å². The Bertz CT molecular complexity index is 1180. The van der Waals surface area contributed by atoms with Gasteiger partial charge in [0.25, 0.3) is 0 Å². The summed E-state index contributed by atoms with van der Waals surface area (Å²) >= 11 is 1.14. The number of hydrogen-bond acceptors (Lipinski definition) is 7. The van der Waals surface area contributed by atoms with Crippen molar-refractivity contribution < 1.29 is 32.2 Å². The number of allylic oxidation sites excluding steroid dienone is 1. The summed E-state index contributed by atoms with van der Waals surface area (Å²) in [6.07, 6.45) is -2.86. The number of aromatic nitrogens is 3. The molecule has 1 amide bonds. The predicted molar refractivity (Wildman–Crippen MR) is 125 cm³/mol. The van der Waals surface area contributed by atoms with Gasteiger partial charge in [-0.25, -0.2) is 0 Å². The smallest absolute Gasteiger partial charge is 0.416 e. The van der Waals surface area contributed by atoms with Crippen LogP contribution in [-0.2, 0) is 24.1 Å². The highest BCUT2D eigenvalue weighted by molar-refractivity contribution is 7.99. The van der Waals surface area contributed by atoms with Crippen LogP contribution in [0.1, 0.15) is 11.4 Å². The summed E-state index contributed by atoms with van der Waals surface area (Å²) in [5.41, 5.74) is -0.319. The molecule has 0 aliphatic heterocycles. The number of hydrogen-bond donors (Lipinski definition) is 1. The van der Waals surface area contributed by atoms with Gasteiger partial charge in [0, 0.05) is 12.6 Å². The van der Waals surface area contributed by atoms with Crippen LogP contribution in [0, 0.1) is 0 Å². The van der Waals surface area contributed by atoms with Crippen molar-refractivity contribution in [1.82, 2.24) is 14.8 Å². The monoisotopic (exact) mass is 508 g/mol. The normalized spacial score (nSPS) is 11.1. The molecular weight excluding hydrogens is 485 g/mol. The summed E-state index contributed by atoms with van der Waals surface area (Å²) in [6, 6.07) is 9.60. The van der Waals surface area contributed by atoms with E-state index >= 15 is 0 Å². The molecule has 0 atom stereocenters. The minimum atomic E-state index is -4.47. The van der Waals surface area contributed by atoms with Crippen LogP contribution in [0.4, 0.5) is 18.9 Å². The highest BCUT2D eigenvalue weighted by Crippen LogP contribution is 2.32. The number of thioether (sulfide) groups is 1. The molecule has 0 saturated heterocycles. The fourth-order valence-electron chi connectivity index (χ4n) is 2.97. The third kappa shape index (κ3) is 6.92. The molecule has 3 aromatic rings. The Morgan fingerprint density at radius 2 is 1.94 bits per heavy atom. The summed E-state index contributed by atoms with van der Waals surface area (Å²) in [5, 5.41) is 11.4. The van der Waals surface area contributed by atoms with E-state index < -0.39 is 11.7 Å². The first-order valence-electron chi connectivity index (χ1n) is 10.2. The van der Waals surface area contributed by atoms with Crippen LogP contribution in [0.25, 0.3) is 0 Å². The molecule has 0 bridgehead atoms. The van der Waals surface area contributed by atoms with Crippen LogP contribution in [0.3, 0.4) is 0 Å². The molecule has 3 rings (SSSR count). The number of nitrogens with zero attached hydrogens (tertiary/aromatic N) is 3. The molecule has 0 radical (unpaired) electrons. The summed E-state index contributed by atoms with van der Waals surface area (Å²) in [5.74, 6) is 1.20. The minimum Gasteiger partial charge on any atom is -0.497 e.